The van der Waals surface area contributed by atoms with Crippen molar-refractivity contribution in [3.05, 3.63) is 99.9 Å². The van der Waals surface area contributed by atoms with Gasteiger partial charge in [-0.2, -0.15) is 26.3 Å². The smallest absolute Gasteiger partial charge is 0.418 e. The third kappa shape index (κ3) is 11.1. The minimum atomic E-state index is -4.61. The van der Waals surface area contributed by atoms with Crippen molar-refractivity contribution < 1.29 is 56.3 Å². The third-order valence-electron chi connectivity index (χ3n) is 10.2. The van der Waals surface area contributed by atoms with Crippen LogP contribution >= 0.6 is 11.3 Å². The predicted octanol–water partition coefficient (Wildman–Crippen LogP) is 15.5. The van der Waals surface area contributed by atoms with Gasteiger partial charge in [0.2, 0.25) is 0 Å². The summed E-state index contributed by atoms with van der Waals surface area (Å²) in [6, 6.07) is 18.1. The Morgan fingerprint density at radius 3 is 1.90 bits per heavy atom. The van der Waals surface area contributed by atoms with Gasteiger partial charge in [0.05, 0.1) is 11.3 Å². The van der Waals surface area contributed by atoms with Gasteiger partial charge in [-0.05, 0) is 78.7 Å². The van der Waals surface area contributed by atoms with Gasteiger partial charge in [-0.15, -0.1) is 40.5 Å². The molecule has 0 atom stereocenters. The number of aryl methyl sites for hydroxylation is 2. The molecule has 0 aliphatic heterocycles. The first-order valence-electron chi connectivity index (χ1n) is 19.5. The average Bonchev–Trinajstić information content (AvgIpc) is 3.45. The van der Waals surface area contributed by atoms with Crippen LogP contribution in [0.5, 0.6) is 0 Å². The van der Waals surface area contributed by atoms with Crippen molar-refractivity contribution in [2.24, 2.45) is 16.7 Å². The van der Waals surface area contributed by atoms with E-state index in [2.05, 4.69) is 90.7 Å². The largest absolute Gasteiger partial charge is 0.512 e. The van der Waals surface area contributed by atoms with Gasteiger partial charge in [0, 0.05) is 59.0 Å². The van der Waals surface area contributed by atoms with E-state index in [1.54, 1.807) is 13.8 Å². The fraction of sp³-hybridized carbons (Fsp3) is 0.458. The quantitative estimate of drug-likeness (QED) is 0.0765. The molecule has 3 aromatic carbocycles. The van der Waals surface area contributed by atoms with E-state index in [0.29, 0.717) is 16.5 Å². The van der Waals surface area contributed by atoms with Crippen molar-refractivity contribution in [1.82, 2.24) is 4.98 Å². The molecule has 5 aromatic rings. The summed E-state index contributed by atoms with van der Waals surface area (Å²) in [6.07, 6.45) is -6.53. The van der Waals surface area contributed by atoms with E-state index in [4.69, 9.17) is 0 Å². The molecular weight excluding hydrogens is 961 g/mol. The summed E-state index contributed by atoms with van der Waals surface area (Å²) in [4.78, 5) is 16.7. The normalized spacial score (nSPS) is 13.2. The van der Waals surface area contributed by atoms with E-state index in [0.717, 1.165) is 75.5 Å². The van der Waals surface area contributed by atoms with Crippen LogP contribution in [-0.4, -0.2) is 22.1 Å². The Morgan fingerprint density at radius 1 is 0.864 bits per heavy atom. The summed E-state index contributed by atoms with van der Waals surface area (Å²) in [5.74, 6) is -1.96. The second kappa shape index (κ2) is 17.8. The van der Waals surface area contributed by atoms with Gasteiger partial charge >= 0.3 is 12.4 Å². The minimum absolute atomic E-state index is 0. The van der Waals surface area contributed by atoms with E-state index in [-0.39, 0.29) is 53.9 Å². The number of hydrogen-bond acceptors (Lipinski definition) is 4. The second-order valence-corrected chi connectivity index (χ2v) is 19.7. The number of rotatable bonds is 7. The van der Waals surface area contributed by atoms with Crippen LogP contribution in [0.25, 0.3) is 42.6 Å². The summed E-state index contributed by atoms with van der Waals surface area (Å²) >= 11 is 1.44. The van der Waals surface area contributed by atoms with Crippen LogP contribution in [0.4, 0.5) is 26.3 Å². The SMILES string of the molecule is CC(C)/C(O)=C/C(=O)C(C)(C)C(F)(F)F.Cc1cc(CC(C)(C)C)cc(C)c1-c1sc2c(-c3[c-]c4ccccc4c(C(C)(C)C)c3)ncc(C(F)(F)F)c2c1C(C)C.[Ir]. The first kappa shape index (κ1) is 49.8. The summed E-state index contributed by atoms with van der Waals surface area (Å²) in [5, 5.41) is 11.5. The number of benzene rings is 3. The molecule has 2 aromatic heterocycles. The number of thiophene rings is 1. The molecule has 0 unspecified atom stereocenters. The van der Waals surface area contributed by atoms with Gasteiger partial charge in [-0.25, -0.2) is 0 Å². The van der Waals surface area contributed by atoms with Crippen molar-refractivity contribution in [3.8, 4) is 21.7 Å². The van der Waals surface area contributed by atoms with Gasteiger partial charge in [-0.1, -0.05) is 111 Å². The van der Waals surface area contributed by atoms with Crippen LogP contribution in [-0.2, 0) is 42.9 Å². The number of aliphatic hydroxyl groups is 1. The number of fused-ring (bicyclic) bond motifs is 2. The van der Waals surface area contributed by atoms with Gasteiger partial charge in [0.25, 0.3) is 0 Å². The number of ketones is 1. The summed E-state index contributed by atoms with van der Waals surface area (Å²) in [5.41, 5.74) is 4.40. The molecule has 0 saturated heterocycles. The first-order chi connectivity index (χ1) is 26.4. The number of carbonyl (C=O) groups excluding carboxylic acids is 1. The van der Waals surface area contributed by atoms with Gasteiger partial charge in [-0.3, -0.25) is 9.78 Å². The molecule has 5 rings (SSSR count). The fourth-order valence-electron chi connectivity index (χ4n) is 7.00. The zero-order chi connectivity index (χ0) is 44.1. The molecule has 0 spiro atoms. The topological polar surface area (TPSA) is 50.2 Å². The average molecular weight is 1020 g/mol. The number of nitrogens with zero attached hydrogens (tertiary/aromatic N) is 1. The summed E-state index contributed by atoms with van der Waals surface area (Å²) in [6.45, 7) is 26.0. The van der Waals surface area contributed by atoms with E-state index in [9.17, 15) is 36.2 Å². The van der Waals surface area contributed by atoms with Crippen molar-refractivity contribution >= 4 is 38.0 Å². The number of aliphatic hydroxyl groups excluding tert-OH is 1. The Balaban J connectivity index is 0.000000496. The zero-order valence-electron chi connectivity index (χ0n) is 36.4. The molecule has 0 fully saturated rings. The Hall–Kier alpha value is -3.53. The Kier molecular flexibility index (Phi) is 15.1. The summed E-state index contributed by atoms with van der Waals surface area (Å²) < 4.78 is 81.8. The van der Waals surface area contributed by atoms with Gasteiger partial charge in [0.15, 0.2) is 5.78 Å². The fourth-order valence-corrected chi connectivity index (χ4v) is 8.66. The predicted molar refractivity (Wildman–Crippen MR) is 228 cm³/mol. The number of alkyl halides is 6. The van der Waals surface area contributed by atoms with E-state index in [1.807, 2.05) is 32.0 Å². The van der Waals surface area contributed by atoms with Crippen molar-refractivity contribution in [2.75, 3.05) is 0 Å². The molecule has 0 bridgehead atoms. The Labute approximate surface area is 363 Å². The first-order valence-corrected chi connectivity index (χ1v) is 20.3. The standard InChI is InChI=1S/C38H41F3NS.C10H15F3O2.Ir/c1-21(2)30-32-29(38(39,40)41)20-42-33(26-17-25-13-11-12-14-27(25)28(18-26)37(8,9)10)35(32)43-34(30)31-22(3)15-24(16-23(31)4)19-36(5,6)7;1-6(2)7(14)5-8(15)9(3,4)10(11,12)13;/h11-16,18,20-21H,19H2,1-10H3;5-6,14H,1-4H3;/q-1;;/b;7-5-;. The number of hydrogen-bond donors (Lipinski definition) is 1. The molecule has 1 N–H and O–H groups in total. The number of pyridine rings is 1. The van der Waals surface area contributed by atoms with E-state index in [1.165, 1.54) is 16.9 Å². The zero-order valence-corrected chi connectivity index (χ0v) is 39.6. The maximum Gasteiger partial charge on any atom is 0.418 e. The molecule has 3 nitrogen and oxygen atoms in total. The van der Waals surface area contributed by atoms with E-state index >= 15 is 0 Å². The van der Waals surface area contributed by atoms with Gasteiger partial charge < -0.3 is 5.11 Å². The monoisotopic (exact) mass is 1020 g/mol. The van der Waals surface area contributed by atoms with Crippen LogP contribution in [0.1, 0.15) is 122 Å². The molecule has 0 amide bonds. The van der Waals surface area contributed by atoms with Crippen molar-refractivity contribution in [2.45, 2.75) is 127 Å². The van der Waals surface area contributed by atoms with Crippen LogP contribution in [0, 0.1) is 36.7 Å². The summed E-state index contributed by atoms with van der Waals surface area (Å²) in [7, 11) is 0. The second-order valence-electron chi connectivity index (χ2n) is 18.7. The molecule has 1 radical (unpaired) electrons. The van der Waals surface area contributed by atoms with E-state index < -0.39 is 29.1 Å². The maximum absolute atomic E-state index is 14.7. The van der Waals surface area contributed by atoms with Crippen LogP contribution in [0.15, 0.2) is 60.5 Å². The molecule has 0 aliphatic rings. The van der Waals surface area contributed by atoms with Crippen molar-refractivity contribution in [1.29, 1.82) is 0 Å². The molecule has 11 heteroatoms. The van der Waals surface area contributed by atoms with Crippen LogP contribution < -0.4 is 0 Å². The maximum atomic E-state index is 14.7. The van der Waals surface area contributed by atoms with Crippen LogP contribution in [0.2, 0.25) is 0 Å². The minimum Gasteiger partial charge on any atom is -0.512 e. The van der Waals surface area contributed by atoms with Crippen LogP contribution in [0.3, 0.4) is 0 Å². The number of halogens is 6. The Morgan fingerprint density at radius 2 is 1.42 bits per heavy atom. The Bertz CT molecular complexity index is 2330. The molecule has 323 valence electrons. The van der Waals surface area contributed by atoms with Crippen molar-refractivity contribution in [3.63, 3.8) is 0 Å². The number of aromatic nitrogens is 1. The third-order valence-corrected chi connectivity index (χ3v) is 11.5. The molecular formula is C48H56F6IrNO2S-. The molecule has 59 heavy (non-hydrogen) atoms. The molecule has 2 heterocycles. The number of carbonyl (C=O) groups is 1. The number of allylic oxidation sites excluding steroid dienone is 2. The van der Waals surface area contributed by atoms with Gasteiger partial charge in [0.1, 0.15) is 5.41 Å². The molecule has 0 saturated carbocycles. The molecule has 0 aliphatic carbocycles.